The fraction of sp³-hybridized carbons (Fsp3) is 0.294. The van der Waals surface area contributed by atoms with E-state index in [2.05, 4.69) is 47.4 Å². The first kappa shape index (κ1) is 15.7. The van der Waals surface area contributed by atoms with Crippen LogP contribution in [0.25, 0.3) is 5.69 Å². The van der Waals surface area contributed by atoms with Gasteiger partial charge in [0.05, 0.1) is 30.3 Å². The van der Waals surface area contributed by atoms with Gasteiger partial charge in [0, 0.05) is 11.1 Å². The molecule has 120 valence electrons. The molecule has 0 saturated heterocycles. The van der Waals surface area contributed by atoms with Gasteiger partial charge < -0.3 is 10.4 Å². The maximum atomic E-state index is 9.51. The van der Waals surface area contributed by atoms with Crippen molar-refractivity contribution in [3.63, 3.8) is 0 Å². The van der Waals surface area contributed by atoms with Gasteiger partial charge in [-0.3, -0.25) is 0 Å². The van der Waals surface area contributed by atoms with Gasteiger partial charge in [-0.1, -0.05) is 17.7 Å². The summed E-state index contributed by atoms with van der Waals surface area (Å²) in [7, 11) is 0. The Balaban J connectivity index is 1.69. The van der Waals surface area contributed by atoms with Crippen molar-refractivity contribution in [2.24, 2.45) is 0 Å². The maximum absolute atomic E-state index is 9.51. The highest BCUT2D eigenvalue weighted by Crippen LogP contribution is 2.21. The molecule has 6 heteroatoms. The summed E-state index contributed by atoms with van der Waals surface area (Å²) in [4.78, 5) is 5.29. The van der Waals surface area contributed by atoms with E-state index in [9.17, 15) is 5.11 Å². The minimum absolute atomic E-state index is 0.513. The van der Waals surface area contributed by atoms with Gasteiger partial charge in [-0.25, -0.2) is 9.67 Å². The van der Waals surface area contributed by atoms with Crippen LogP contribution in [0.2, 0.25) is 0 Å². The van der Waals surface area contributed by atoms with E-state index in [0.29, 0.717) is 6.54 Å². The Bertz CT molecular complexity index is 807. The highest BCUT2D eigenvalue weighted by atomic mass is 32.1. The predicted octanol–water partition coefficient (Wildman–Crippen LogP) is 3.61. The number of aliphatic hydroxyl groups is 1. The number of rotatable bonds is 5. The van der Waals surface area contributed by atoms with E-state index in [1.807, 2.05) is 17.1 Å². The van der Waals surface area contributed by atoms with Crippen LogP contribution in [-0.2, 0) is 6.54 Å². The molecule has 2 N–H and O–H groups in total. The molecular weight excluding hydrogens is 308 g/mol. The highest BCUT2D eigenvalue weighted by Gasteiger charge is 2.08. The number of aromatic nitrogens is 3. The van der Waals surface area contributed by atoms with Crippen LogP contribution in [0.1, 0.15) is 34.0 Å². The number of anilines is 1. The van der Waals surface area contributed by atoms with Gasteiger partial charge in [-0.05, 0) is 32.4 Å². The van der Waals surface area contributed by atoms with Crippen molar-refractivity contribution in [1.29, 1.82) is 0 Å². The molecule has 2 aromatic heterocycles. The quantitative estimate of drug-likeness (QED) is 0.751. The minimum Gasteiger partial charge on any atom is -0.386 e. The van der Waals surface area contributed by atoms with Crippen molar-refractivity contribution in [1.82, 2.24) is 14.8 Å². The van der Waals surface area contributed by atoms with Crippen LogP contribution in [0.15, 0.2) is 36.8 Å². The Morgan fingerprint density at radius 1 is 1.30 bits per heavy atom. The zero-order valence-electron chi connectivity index (χ0n) is 13.4. The Kier molecular flexibility index (Phi) is 4.45. The lowest BCUT2D eigenvalue weighted by molar-refractivity contribution is 0.199. The maximum Gasteiger partial charge on any atom is 0.121 e. The van der Waals surface area contributed by atoms with Crippen molar-refractivity contribution < 1.29 is 5.11 Å². The number of hydrogen-bond acceptors (Lipinski definition) is 5. The van der Waals surface area contributed by atoms with Gasteiger partial charge in [0.1, 0.15) is 11.1 Å². The second-order valence-electron chi connectivity index (χ2n) is 5.66. The number of thiazole rings is 1. The van der Waals surface area contributed by atoms with Crippen LogP contribution in [0, 0.1) is 13.8 Å². The fourth-order valence-electron chi connectivity index (χ4n) is 2.39. The standard InChI is InChI=1S/C17H20N4OS/c1-11-4-5-16(12(2)6-11)21-10-14(7-20-21)18-8-15-9-19-17(23-15)13(3)22/h4-7,9-10,13,18,22H,8H2,1-3H3/t13-/m0/s1. The summed E-state index contributed by atoms with van der Waals surface area (Å²) in [5, 5.41) is 18.0. The third kappa shape index (κ3) is 3.60. The first-order valence-electron chi connectivity index (χ1n) is 7.52. The van der Waals surface area contributed by atoms with Gasteiger partial charge >= 0.3 is 0 Å². The molecule has 0 aliphatic heterocycles. The molecule has 0 bridgehead atoms. The molecule has 0 aliphatic rings. The Hall–Kier alpha value is -2.18. The van der Waals surface area contributed by atoms with E-state index in [-0.39, 0.29) is 0 Å². The second-order valence-corrected chi connectivity index (χ2v) is 6.80. The Morgan fingerprint density at radius 2 is 2.13 bits per heavy atom. The molecule has 0 amide bonds. The van der Waals surface area contributed by atoms with E-state index in [4.69, 9.17) is 0 Å². The van der Waals surface area contributed by atoms with Crippen LogP contribution >= 0.6 is 11.3 Å². The largest absolute Gasteiger partial charge is 0.386 e. The number of nitrogens with one attached hydrogen (secondary N) is 1. The Labute approximate surface area is 139 Å². The summed E-state index contributed by atoms with van der Waals surface area (Å²) in [6.07, 6.45) is 5.08. The number of nitrogens with zero attached hydrogens (tertiary/aromatic N) is 3. The third-order valence-electron chi connectivity index (χ3n) is 3.58. The van der Waals surface area contributed by atoms with Crippen LogP contribution in [0.5, 0.6) is 0 Å². The van der Waals surface area contributed by atoms with Gasteiger partial charge in [0.2, 0.25) is 0 Å². The van der Waals surface area contributed by atoms with Crippen LogP contribution in [0.3, 0.4) is 0 Å². The first-order valence-corrected chi connectivity index (χ1v) is 8.33. The van der Waals surface area contributed by atoms with Gasteiger partial charge in [-0.15, -0.1) is 11.3 Å². The molecule has 2 heterocycles. The molecule has 23 heavy (non-hydrogen) atoms. The summed E-state index contributed by atoms with van der Waals surface area (Å²) >= 11 is 1.52. The van der Waals surface area contributed by atoms with Crippen molar-refractivity contribution in [2.75, 3.05) is 5.32 Å². The molecule has 1 atom stereocenters. The Morgan fingerprint density at radius 3 is 2.83 bits per heavy atom. The third-order valence-corrected chi connectivity index (χ3v) is 4.74. The summed E-state index contributed by atoms with van der Waals surface area (Å²) in [6.45, 7) is 6.57. The summed E-state index contributed by atoms with van der Waals surface area (Å²) < 4.78 is 1.88. The van der Waals surface area contributed by atoms with Gasteiger partial charge in [0.25, 0.3) is 0 Å². The lowest BCUT2D eigenvalue weighted by atomic mass is 10.1. The van der Waals surface area contributed by atoms with E-state index >= 15 is 0 Å². The molecule has 0 fully saturated rings. The molecule has 5 nitrogen and oxygen atoms in total. The summed E-state index contributed by atoms with van der Waals surface area (Å²) in [5.74, 6) is 0. The number of hydrogen-bond donors (Lipinski definition) is 2. The van der Waals surface area contributed by atoms with Crippen molar-refractivity contribution in [3.05, 3.63) is 57.8 Å². The molecule has 3 aromatic rings. The van der Waals surface area contributed by atoms with E-state index in [1.165, 1.54) is 22.5 Å². The molecule has 0 saturated carbocycles. The number of benzene rings is 1. The molecule has 0 unspecified atom stereocenters. The fourth-order valence-corrected chi connectivity index (χ4v) is 3.19. The highest BCUT2D eigenvalue weighted by molar-refractivity contribution is 7.11. The zero-order chi connectivity index (χ0) is 16.4. The molecule has 3 rings (SSSR count). The molecule has 0 aliphatic carbocycles. The van der Waals surface area contributed by atoms with E-state index < -0.39 is 6.10 Å². The minimum atomic E-state index is -0.513. The zero-order valence-corrected chi connectivity index (χ0v) is 14.3. The number of aliphatic hydroxyl groups excluding tert-OH is 1. The van der Waals surface area contributed by atoms with Crippen molar-refractivity contribution >= 4 is 17.0 Å². The average Bonchev–Trinajstić information content (AvgIpc) is 3.14. The average molecular weight is 328 g/mol. The molecule has 0 spiro atoms. The SMILES string of the molecule is Cc1ccc(-n2cc(NCc3cnc([C@H](C)O)s3)cn2)c(C)c1. The van der Waals surface area contributed by atoms with Crippen LogP contribution < -0.4 is 5.32 Å². The van der Waals surface area contributed by atoms with E-state index in [0.717, 1.165) is 21.3 Å². The molecule has 0 radical (unpaired) electrons. The second kappa shape index (κ2) is 6.52. The van der Waals surface area contributed by atoms with Crippen LogP contribution in [0.4, 0.5) is 5.69 Å². The lowest BCUT2D eigenvalue weighted by Crippen LogP contribution is -1.98. The smallest absolute Gasteiger partial charge is 0.121 e. The predicted molar refractivity (Wildman–Crippen MR) is 93.1 cm³/mol. The van der Waals surface area contributed by atoms with Crippen molar-refractivity contribution in [2.45, 2.75) is 33.4 Å². The van der Waals surface area contributed by atoms with Crippen LogP contribution in [-0.4, -0.2) is 19.9 Å². The normalized spacial score (nSPS) is 12.3. The first-order chi connectivity index (χ1) is 11.0. The summed E-state index contributed by atoms with van der Waals surface area (Å²) in [6, 6.07) is 6.32. The number of aryl methyl sites for hydroxylation is 2. The van der Waals surface area contributed by atoms with Crippen molar-refractivity contribution in [3.8, 4) is 5.69 Å². The summed E-state index contributed by atoms with van der Waals surface area (Å²) in [5.41, 5.74) is 4.48. The van der Waals surface area contributed by atoms with Gasteiger partial charge in [-0.2, -0.15) is 5.10 Å². The molecule has 1 aromatic carbocycles. The van der Waals surface area contributed by atoms with E-state index in [1.54, 1.807) is 13.1 Å². The molecular formula is C17H20N4OS. The monoisotopic (exact) mass is 328 g/mol. The lowest BCUT2D eigenvalue weighted by Gasteiger charge is -2.06. The topological polar surface area (TPSA) is 63.0 Å². The van der Waals surface area contributed by atoms with Gasteiger partial charge in [0.15, 0.2) is 0 Å².